The number of amides is 1. The summed E-state index contributed by atoms with van der Waals surface area (Å²) in [4.78, 5) is 39.2. The van der Waals surface area contributed by atoms with Crippen LogP contribution in [0, 0.1) is 12.8 Å². The van der Waals surface area contributed by atoms with E-state index >= 15 is 0 Å². The Labute approximate surface area is 348 Å². The number of aryl methyl sites for hydroxylation is 1. The van der Waals surface area contributed by atoms with E-state index in [-0.39, 0.29) is 17.7 Å². The summed E-state index contributed by atoms with van der Waals surface area (Å²) in [6.45, 7) is 13.3. The van der Waals surface area contributed by atoms with Crippen LogP contribution in [-0.2, 0) is 4.74 Å². The van der Waals surface area contributed by atoms with Gasteiger partial charge >= 0.3 is 6.09 Å². The number of benzene rings is 3. The summed E-state index contributed by atoms with van der Waals surface area (Å²) in [5.41, 5.74) is 9.05. The summed E-state index contributed by atoms with van der Waals surface area (Å²) in [5, 5.41) is 3.82. The van der Waals surface area contributed by atoms with Gasteiger partial charge in [-0.2, -0.15) is 4.98 Å². The van der Waals surface area contributed by atoms with Gasteiger partial charge in [-0.3, -0.25) is 9.20 Å². The van der Waals surface area contributed by atoms with E-state index in [0.29, 0.717) is 23.3 Å². The number of ether oxygens (including phenoxy) is 1. The highest BCUT2D eigenvalue weighted by Crippen LogP contribution is 2.38. The van der Waals surface area contributed by atoms with Gasteiger partial charge in [-0.25, -0.2) is 9.78 Å². The summed E-state index contributed by atoms with van der Waals surface area (Å²) in [6, 6.07) is 21.8. The Kier molecular flexibility index (Phi) is 11.6. The Morgan fingerprint density at radius 1 is 0.965 bits per heavy atom. The molecule has 57 heavy (non-hydrogen) atoms. The van der Waals surface area contributed by atoms with Crippen molar-refractivity contribution in [3.63, 3.8) is 0 Å². The zero-order valence-electron chi connectivity index (χ0n) is 33.9. The van der Waals surface area contributed by atoms with Crippen LogP contribution in [0.4, 0.5) is 4.79 Å². The molecular formula is C46H55BrN6O3S. The minimum Gasteiger partial charge on any atom is -0.444 e. The monoisotopic (exact) mass is 850 g/mol. The van der Waals surface area contributed by atoms with Gasteiger partial charge in [-0.15, -0.1) is 11.3 Å². The number of imidazole rings is 1. The predicted octanol–water partition coefficient (Wildman–Crippen LogP) is 11.4. The van der Waals surface area contributed by atoms with Gasteiger partial charge < -0.3 is 19.5 Å². The van der Waals surface area contributed by atoms with E-state index in [9.17, 15) is 9.59 Å². The second-order valence-corrected chi connectivity index (χ2v) is 19.1. The highest BCUT2D eigenvalue weighted by atomic mass is 79.9. The van der Waals surface area contributed by atoms with E-state index in [1.54, 1.807) is 11.3 Å². The molecule has 2 atom stereocenters. The van der Waals surface area contributed by atoms with Crippen molar-refractivity contribution in [2.24, 2.45) is 5.92 Å². The minimum atomic E-state index is -0.558. The number of aromatic nitrogens is 4. The maximum absolute atomic E-state index is 13.4. The molecule has 11 heteroatoms. The number of thiazole rings is 1. The number of hydrogen-bond acceptors (Lipinski definition) is 7. The zero-order chi connectivity index (χ0) is 39.8. The van der Waals surface area contributed by atoms with Crippen molar-refractivity contribution >= 4 is 61.1 Å². The van der Waals surface area contributed by atoms with Crippen LogP contribution in [-0.4, -0.2) is 55.2 Å². The van der Waals surface area contributed by atoms with Crippen LogP contribution >= 0.6 is 27.3 Å². The molecule has 1 amide bonds. The van der Waals surface area contributed by atoms with Gasteiger partial charge in [0.15, 0.2) is 0 Å². The third kappa shape index (κ3) is 8.57. The Balaban J connectivity index is 0.914. The van der Waals surface area contributed by atoms with E-state index in [2.05, 4.69) is 89.5 Å². The van der Waals surface area contributed by atoms with Crippen molar-refractivity contribution in [3.8, 4) is 10.4 Å². The number of hydrogen-bond donors (Lipinski definition) is 1. The van der Waals surface area contributed by atoms with Crippen LogP contribution in [0.3, 0.4) is 0 Å². The predicted molar refractivity (Wildman–Crippen MR) is 235 cm³/mol. The van der Waals surface area contributed by atoms with E-state index in [1.807, 2.05) is 51.4 Å². The van der Waals surface area contributed by atoms with Crippen molar-refractivity contribution in [1.29, 1.82) is 0 Å². The standard InChI is InChI=1S/C46H55BrN6O3S/c1-29(13-19-37(49-45(55)56-46(3,4)5)32-14-16-33(17-15-32)42-30(2)48-28-57-42)21-24-51-25-22-31(23-26-51)34-18-20-38-40(27-34)52(35-9-6-7-10-35)44-50-43(54)41-36(47)11-8-12-39(41)53(38)44/h8,11-12,14-18,20,27-29,31,35,37H,6-7,9-10,13,19,21-26H2,1-5H3,(H,49,55)/t29-,37+/m1/s1. The largest absolute Gasteiger partial charge is 0.444 e. The first-order valence-corrected chi connectivity index (χ1v) is 22.5. The molecular weight excluding hydrogens is 797 g/mol. The third-order valence-corrected chi connectivity index (χ3v) is 13.8. The fourth-order valence-electron chi connectivity index (χ4n) is 9.13. The molecule has 1 saturated heterocycles. The molecule has 1 aliphatic carbocycles. The van der Waals surface area contributed by atoms with Crippen molar-refractivity contribution in [1.82, 2.24) is 29.2 Å². The maximum Gasteiger partial charge on any atom is 0.408 e. The molecule has 0 spiro atoms. The topological polar surface area (TPSA) is 93.8 Å². The molecule has 1 saturated carbocycles. The van der Waals surface area contributed by atoms with Crippen LogP contribution in [0.5, 0.6) is 0 Å². The van der Waals surface area contributed by atoms with E-state index in [0.717, 1.165) is 103 Å². The highest BCUT2D eigenvalue weighted by molar-refractivity contribution is 9.10. The number of rotatable bonds is 11. The van der Waals surface area contributed by atoms with Crippen LogP contribution < -0.4 is 10.9 Å². The Hall–Kier alpha value is -4.06. The second kappa shape index (κ2) is 16.7. The minimum absolute atomic E-state index is 0.128. The molecule has 0 bridgehead atoms. The summed E-state index contributed by atoms with van der Waals surface area (Å²) >= 11 is 5.27. The van der Waals surface area contributed by atoms with Crippen molar-refractivity contribution in [2.45, 2.75) is 116 Å². The summed E-state index contributed by atoms with van der Waals surface area (Å²) < 4.78 is 11.0. The number of nitrogens with zero attached hydrogens (tertiary/aromatic N) is 5. The van der Waals surface area contributed by atoms with Gasteiger partial charge in [-0.1, -0.05) is 56.2 Å². The molecule has 4 heterocycles. The van der Waals surface area contributed by atoms with Crippen LogP contribution in [0.2, 0.25) is 0 Å². The molecule has 2 aliphatic rings. The number of halogens is 1. The van der Waals surface area contributed by atoms with Gasteiger partial charge in [0.05, 0.1) is 44.1 Å². The van der Waals surface area contributed by atoms with E-state index in [4.69, 9.17) is 9.72 Å². The fraction of sp³-hybridized carbons (Fsp3) is 0.478. The molecule has 0 radical (unpaired) electrons. The van der Waals surface area contributed by atoms with Gasteiger partial charge in [0.1, 0.15) is 5.60 Å². The summed E-state index contributed by atoms with van der Waals surface area (Å²) in [7, 11) is 0. The van der Waals surface area contributed by atoms with Crippen LogP contribution in [0.1, 0.15) is 120 Å². The number of alkyl carbamates (subject to hydrolysis) is 1. The maximum atomic E-state index is 13.4. The first kappa shape index (κ1) is 39.8. The summed E-state index contributed by atoms with van der Waals surface area (Å²) in [5.74, 6) is 1.78. The number of carbonyl (C=O) groups is 1. The van der Waals surface area contributed by atoms with Gasteiger partial charge in [-0.05, 0) is 161 Å². The van der Waals surface area contributed by atoms with Gasteiger partial charge in [0.2, 0.25) is 5.78 Å². The first-order chi connectivity index (χ1) is 27.4. The zero-order valence-corrected chi connectivity index (χ0v) is 36.3. The number of nitrogens with one attached hydrogen (secondary N) is 1. The number of piperidine rings is 1. The van der Waals surface area contributed by atoms with E-state index < -0.39 is 5.60 Å². The second-order valence-electron chi connectivity index (χ2n) is 17.4. The molecule has 6 aromatic rings. The molecule has 1 N–H and O–H groups in total. The lowest BCUT2D eigenvalue weighted by Gasteiger charge is -2.33. The number of fused-ring (bicyclic) bond motifs is 5. The van der Waals surface area contributed by atoms with Crippen molar-refractivity contribution in [2.75, 3.05) is 19.6 Å². The average molecular weight is 852 g/mol. The van der Waals surface area contributed by atoms with Crippen LogP contribution in [0.15, 0.2) is 75.4 Å². The number of likely N-dealkylation sites (tertiary alicyclic amines) is 1. The van der Waals surface area contributed by atoms with E-state index in [1.165, 1.54) is 28.8 Å². The third-order valence-electron chi connectivity index (χ3n) is 12.2. The lowest BCUT2D eigenvalue weighted by atomic mass is 9.88. The lowest BCUT2D eigenvalue weighted by Crippen LogP contribution is -2.35. The Bertz CT molecular complexity index is 2430. The van der Waals surface area contributed by atoms with Crippen molar-refractivity contribution in [3.05, 3.63) is 97.8 Å². The molecule has 1 aliphatic heterocycles. The Morgan fingerprint density at radius 3 is 2.42 bits per heavy atom. The SMILES string of the molecule is Cc1ncsc1-c1ccc([C@H](CC[C@@H](C)CCN2CCC(c3ccc4c(c3)n(C3CCCC3)c3nc(=O)c5c(Br)cccc5n43)CC2)NC(=O)OC(C)(C)C)cc1. The molecule has 8 rings (SSSR count). The average Bonchev–Trinajstić information content (AvgIpc) is 3.94. The Morgan fingerprint density at radius 2 is 1.72 bits per heavy atom. The van der Waals surface area contributed by atoms with Gasteiger partial charge in [0.25, 0.3) is 5.56 Å². The quantitative estimate of drug-likeness (QED) is 0.140. The molecule has 2 fully saturated rings. The first-order valence-electron chi connectivity index (χ1n) is 20.8. The molecule has 3 aromatic carbocycles. The number of carbonyl (C=O) groups excluding carboxylic acids is 1. The molecule has 300 valence electrons. The fourth-order valence-corrected chi connectivity index (χ4v) is 10.5. The lowest BCUT2D eigenvalue weighted by molar-refractivity contribution is 0.0499. The highest BCUT2D eigenvalue weighted by Gasteiger charge is 2.28. The molecule has 3 aromatic heterocycles. The van der Waals surface area contributed by atoms with Crippen molar-refractivity contribution < 1.29 is 9.53 Å². The van der Waals surface area contributed by atoms with Gasteiger partial charge in [0, 0.05) is 10.5 Å². The normalized spacial score (nSPS) is 17.2. The molecule has 0 unspecified atom stereocenters. The molecule has 9 nitrogen and oxygen atoms in total. The van der Waals surface area contributed by atoms with Crippen LogP contribution in [0.25, 0.3) is 38.2 Å². The smallest absolute Gasteiger partial charge is 0.408 e. The summed E-state index contributed by atoms with van der Waals surface area (Å²) in [6.07, 6.45) is 9.53.